The second-order valence-corrected chi connectivity index (χ2v) is 8.58. The van der Waals surface area contributed by atoms with Gasteiger partial charge in [-0.25, -0.2) is 10.4 Å². The highest BCUT2D eigenvalue weighted by Crippen LogP contribution is 2.27. The van der Waals surface area contributed by atoms with E-state index >= 15 is 0 Å². The molecule has 0 atom stereocenters. The summed E-state index contributed by atoms with van der Waals surface area (Å²) in [4.78, 5) is 18.0. The predicted octanol–water partition coefficient (Wildman–Crippen LogP) is 6.00. The van der Waals surface area contributed by atoms with Crippen molar-refractivity contribution in [1.82, 2.24) is 10.4 Å². The molecule has 7 heteroatoms. The van der Waals surface area contributed by atoms with E-state index < -0.39 is 0 Å². The van der Waals surface area contributed by atoms with Gasteiger partial charge < -0.3 is 5.32 Å². The zero-order chi connectivity index (χ0) is 20.9. The maximum Gasteiger partial charge on any atom is 0.271 e. The van der Waals surface area contributed by atoms with Crippen LogP contribution in [0.5, 0.6) is 0 Å². The summed E-state index contributed by atoms with van der Waals surface area (Å²) in [6.45, 7) is 4.07. The van der Waals surface area contributed by atoms with Crippen molar-refractivity contribution >= 4 is 45.6 Å². The smallest absolute Gasteiger partial charge is 0.271 e. The standard InChI is InChI=1S/C23H20N4OS2/c1-15-3-9-19(10-4-15)25-23-26-20(14-30-23)17-5-7-18(8-6-17)22(28)27-24-13-21-16(2)11-12-29-21/h3-14H,1-2H3,(H,25,26)(H,27,28)/b24-13-. The third-order valence-electron chi connectivity index (χ3n) is 4.50. The minimum atomic E-state index is -0.244. The number of thiophene rings is 1. The average molecular weight is 433 g/mol. The van der Waals surface area contributed by atoms with Crippen LogP contribution < -0.4 is 10.7 Å². The van der Waals surface area contributed by atoms with Gasteiger partial charge >= 0.3 is 0 Å². The van der Waals surface area contributed by atoms with Crippen LogP contribution in [0.25, 0.3) is 11.3 Å². The molecule has 1 amide bonds. The Morgan fingerprint density at radius 3 is 2.47 bits per heavy atom. The molecule has 0 unspecified atom stereocenters. The van der Waals surface area contributed by atoms with Gasteiger partial charge in [0.05, 0.1) is 11.9 Å². The lowest BCUT2D eigenvalue weighted by molar-refractivity contribution is 0.0955. The Bertz CT molecular complexity index is 1170. The molecule has 4 rings (SSSR count). The van der Waals surface area contributed by atoms with Gasteiger partial charge in [0, 0.05) is 27.1 Å². The Morgan fingerprint density at radius 1 is 1.00 bits per heavy atom. The van der Waals surface area contributed by atoms with Crippen molar-refractivity contribution in [1.29, 1.82) is 0 Å². The van der Waals surface area contributed by atoms with Crippen molar-refractivity contribution in [2.75, 3.05) is 5.32 Å². The molecule has 2 aromatic heterocycles. The number of aryl methyl sites for hydroxylation is 2. The summed E-state index contributed by atoms with van der Waals surface area (Å²) in [5, 5.41) is 12.2. The molecule has 0 saturated heterocycles. The van der Waals surface area contributed by atoms with Crippen LogP contribution in [0.1, 0.15) is 26.4 Å². The van der Waals surface area contributed by atoms with E-state index in [9.17, 15) is 4.79 Å². The van der Waals surface area contributed by atoms with E-state index in [1.54, 1.807) is 41.0 Å². The van der Waals surface area contributed by atoms with Crippen molar-refractivity contribution in [2.24, 2.45) is 5.10 Å². The molecular weight excluding hydrogens is 412 g/mol. The van der Waals surface area contributed by atoms with Gasteiger partial charge in [0.25, 0.3) is 5.91 Å². The molecule has 5 nitrogen and oxygen atoms in total. The topological polar surface area (TPSA) is 66.4 Å². The SMILES string of the molecule is Cc1ccc(Nc2nc(-c3ccc(C(=O)N/N=C\c4sccc4C)cc3)cs2)cc1. The molecule has 0 saturated carbocycles. The van der Waals surface area contributed by atoms with Gasteiger partial charge in [0.1, 0.15) is 0 Å². The summed E-state index contributed by atoms with van der Waals surface area (Å²) in [6.07, 6.45) is 1.67. The maximum atomic E-state index is 12.3. The third-order valence-corrected chi connectivity index (χ3v) is 6.21. The van der Waals surface area contributed by atoms with E-state index in [0.717, 1.165) is 32.5 Å². The first-order chi connectivity index (χ1) is 14.6. The molecule has 2 heterocycles. The lowest BCUT2D eigenvalue weighted by Crippen LogP contribution is -2.17. The Morgan fingerprint density at radius 2 is 1.77 bits per heavy atom. The van der Waals surface area contributed by atoms with Crippen LogP contribution >= 0.6 is 22.7 Å². The van der Waals surface area contributed by atoms with Crippen molar-refractivity contribution < 1.29 is 4.79 Å². The average Bonchev–Trinajstić information content (AvgIpc) is 3.39. The second-order valence-electron chi connectivity index (χ2n) is 6.77. The van der Waals surface area contributed by atoms with Gasteiger partial charge in [-0.3, -0.25) is 4.79 Å². The van der Waals surface area contributed by atoms with Crippen LogP contribution in [0.4, 0.5) is 10.8 Å². The molecule has 30 heavy (non-hydrogen) atoms. The number of hydrazone groups is 1. The van der Waals surface area contributed by atoms with Crippen LogP contribution in [0, 0.1) is 13.8 Å². The lowest BCUT2D eigenvalue weighted by atomic mass is 10.1. The highest BCUT2D eigenvalue weighted by atomic mass is 32.1. The molecule has 0 aliphatic rings. The molecule has 0 spiro atoms. The summed E-state index contributed by atoms with van der Waals surface area (Å²) < 4.78 is 0. The van der Waals surface area contributed by atoms with Crippen molar-refractivity contribution in [3.63, 3.8) is 0 Å². The van der Waals surface area contributed by atoms with Crippen molar-refractivity contribution in [3.05, 3.63) is 86.9 Å². The van der Waals surface area contributed by atoms with Gasteiger partial charge in [0.2, 0.25) is 0 Å². The first kappa shape index (κ1) is 20.0. The monoisotopic (exact) mass is 432 g/mol. The largest absolute Gasteiger partial charge is 0.332 e. The highest BCUT2D eigenvalue weighted by Gasteiger charge is 2.08. The molecule has 0 aliphatic heterocycles. The predicted molar refractivity (Wildman–Crippen MR) is 126 cm³/mol. The molecule has 0 radical (unpaired) electrons. The van der Waals surface area contributed by atoms with Crippen LogP contribution in [0.3, 0.4) is 0 Å². The van der Waals surface area contributed by atoms with Crippen LogP contribution in [-0.2, 0) is 0 Å². The summed E-state index contributed by atoms with van der Waals surface area (Å²) in [7, 11) is 0. The second kappa shape index (κ2) is 9.02. The molecule has 2 N–H and O–H groups in total. The lowest BCUT2D eigenvalue weighted by Gasteiger charge is -2.03. The van der Waals surface area contributed by atoms with E-state index in [4.69, 9.17) is 0 Å². The fourth-order valence-corrected chi connectivity index (χ4v) is 4.27. The number of rotatable bonds is 6. The Balaban J connectivity index is 1.39. The van der Waals surface area contributed by atoms with Crippen molar-refractivity contribution in [3.8, 4) is 11.3 Å². The number of nitrogens with one attached hydrogen (secondary N) is 2. The van der Waals surface area contributed by atoms with Crippen LogP contribution in [0.15, 0.2) is 70.5 Å². The maximum absolute atomic E-state index is 12.3. The number of hydrogen-bond acceptors (Lipinski definition) is 6. The Kier molecular flexibility index (Phi) is 6.02. The summed E-state index contributed by atoms with van der Waals surface area (Å²) >= 11 is 3.13. The number of carbonyl (C=O) groups is 1. The molecule has 2 aromatic carbocycles. The minimum Gasteiger partial charge on any atom is -0.332 e. The number of carbonyl (C=O) groups excluding carboxylic acids is 1. The van der Waals surface area contributed by atoms with E-state index in [1.807, 2.05) is 48.0 Å². The van der Waals surface area contributed by atoms with Gasteiger partial charge in [0.15, 0.2) is 5.13 Å². The number of amides is 1. The number of nitrogens with zero attached hydrogens (tertiary/aromatic N) is 2. The molecule has 150 valence electrons. The van der Waals surface area contributed by atoms with Crippen LogP contribution in [0.2, 0.25) is 0 Å². The van der Waals surface area contributed by atoms with Crippen LogP contribution in [-0.4, -0.2) is 17.1 Å². The normalized spacial score (nSPS) is 11.0. The molecule has 4 aromatic rings. The fraction of sp³-hybridized carbons (Fsp3) is 0.0870. The van der Waals surface area contributed by atoms with Gasteiger partial charge in [-0.2, -0.15) is 5.10 Å². The van der Waals surface area contributed by atoms with E-state index in [1.165, 1.54) is 5.56 Å². The van der Waals surface area contributed by atoms with Gasteiger partial charge in [-0.1, -0.05) is 29.8 Å². The summed E-state index contributed by atoms with van der Waals surface area (Å²) in [5.41, 5.74) is 8.31. The summed E-state index contributed by atoms with van der Waals surface area (Å²) in [5.74, 6) is -0.244. The van der Waals surface area contributed by atoms with Crippen molar-refractivity contribution in [2.45, 2.75) is 13.8 Å². The zero-order valence-corrected chi connectivity index (χ0v) is 18.2. The Labute approximate surface area is 183 Å². The first-order valence-electron chi connectivity index (χ1n) is 9.35. The Hall–Kier alpha value is -3.29. The minimum absolute atomic E-state index is 0.244. The quantitative estimate of drug-likeness (QED) is 0.290. The number of hydrogen-bond donors (Lipinski definition) is 2. The van der Waals surface area contributed by atoms with E-state index in [-0.39, 0.29) is 5.91 Å². The number of anilines is 2. The van der Waals surface area contributed by atoms with Gasteiger partial charge in [-0.05, 0) is 55.1 Å². The highest BCUT2D eigenvalue weighted by molar-refractivity contribution is 7.14. The van der Waals surface area contributed by atoms with E-state index in [0.29, 0.717) is 5.56 Å². The fourth-order valence-electron chi connectivity index (χ4n) is 2.75. The van der Waals surface area contributed by atoms with E-state index in [2.05, 4.69) is 39.9 Å². The molecule has 0 bridgehead atoms. The summed E-state index contributed by atoms with van der Waals surface area (Å²) in [6, 6.07) is 17.6. The molecule has 0 aliphatic carbocycles. The number of aromatic nitrogens is 1. The number of benzene rings is 2. The molecular formula is C23H20N4OS2. The van der Waals surface area contributed by atoms with Gasteiger partial charge in [-0.15, -0.1) is 22.7 Å². The third kappa shape index (κ3) is 4.82. The zero-order valence-electron chi connectivity index (χ0n) is 16.5. The number of thiazole rings is 1. The molecule has 0 fully saturated rings. The first-order valence-corrected chi connectivity index (χ1v) is 11.1.